The Labute approximate surface area is 153 Å². The van der Waals surface area contributed by atoms with Crippen LogP contribution in [0.3, 0.4) is 0 Å². The van der Waals surface area contributed by atoms with E-state index >= 15 is 0 Å². The summed E-state index contributed by atoms with van der Waals surface area (Å²) in [6.07, 6.45) is 4.10. The zero-order valence-corrected chi connectivity index (χ0v) is 15.7. The second-order valence-corrected chi connectivity index (χ2v) is 8.11. The smallest absolute Gasteiger partial charge is 0.255 e. The first kappa shape index (κ1) is 18.0. The molecule has 2 aromatic rings. The number of nitrogens with one attached hydrogen (secondary N) is 1. The third kappa shape index (κ3) is 4.05. The fraction of sp³-hybridized carbons (Fsp3) is 0.474. The number of carbonyl (C=O) groups is 1. The number of nitrogens with two attached hydrogens (primary N) is 1. The molecule has 3 rings (SSSR count). The molecular weight excluding hydrogens is 336 g/mol. The third-order valence-electron chi connectivity index (χ3n) is 4.50. The molecule has 5 nitrogen and oxygen atoms in total. The molecule has 0 bridgehead atoms. The highest BCUT2D eigenvalue weighted by molar-refractivity contribution is 6.33. The zero-order chi connectivity index (χ0) is 18.2. The second-order valence-electron chi connectivity index (χ2n) is 7.70. The summed E-state index contributed by atoms with van der Waals surface area (Å²) < 4.78 is 1.81. The van der Waals surface area contributed by atoms with Crippen LogP contribution in [0, 0.1) is 5.92 Å². The molecule has 3 N–H and O–H groups in total. The van der Waals surface area contributed by atoms with Crippen molar-refractivity contribution < 1.29 is 4.79 Å². The van der Waals surface area contributed by atoms with Crippen molar-refractivity contribution in [3.05, 3.63) is 41.0 Å². The maximum atomic E-state index is 12.8. The van der Waals surface area contributed by atoms with E-state index in [9.17, 15) is 4.79 Å². The molecule has 6 heteroatoms. The van der Waals surface area contributed by atoms with Crippen molar-refractivity contribution in [3.63, 3.8) is 0 Å². The first-order valence-electron chi connectivity index (χ1n) is 8.66. The number of carbonyl (C=O) groups excluding carboxylic acids is 1. The Morgan fingerprint density at radius 3 is 2.68 bits per heavy atom. The molecule has 25 heavy (non-hydrogen) atoms. The van der Waals surface area contributed by atoms with Crippen molar-refractivity contribution in [2.24, 2.45) is 11.7 Å². The van der Waals surface area contributed by atoms with Gasteiger partial charge in [0.15, 0.2) is 0 Å². The summed E-state index contributed by atoms with van der Waals surface area (Å²) in [5.74, 6) is 0.377. The molecule has 134 valence electrons. The van der Waals surface area contributed by atoms with Crippen LogP contribution in [-0.2, 0) is 5.54 Å². The minimum absolute atomic E-state index is 0.0189. The van der Waals surface area contributed by atoms with E-state index in [-0.39, 0.29) is 17.5 Å². The highest BCUT2D eigenvalue weighted by Crippen LogP contribution is 2.32. The van der Waals surface area contributed by atoms with E-state index in [4.69, 9.17) is 17.3 Å². The standard InChI is InChI=1S/C19H25ClN4O/c1-19(2,3)24-11-14(18(25)22-10-16(21)12-8-9-12)17(23-24)13-6-4-5-7-15(13)20/h4-7,11-12,16H,8-10,21H2,1-3H3,(H,22,25). The Balaban J connectivity index is 1.92. The first-order chi connectivity index (χ1) is 11.8. The van der Waals surface area contributed by atoms with Gasteiger partial charge in [-0.3, -0.25) is 9.48 Å². The maximum absolute atomic E-state index is 12.8. The van der Waals surface area contributed by atoms with E-state index in [1.807, 2.05) is 39.0 Å². The summed E-state index contributed by atoms with van der Waals surface area (Å²) in [5, 5.41) is 8.18. The number of hydrogen-bond acceptors (Lipinski definition) is 3. The van der Waals surface area contributed by atoms with E-state index in [2.05, 4.69) is 10.4 Å². The number of nitrogens with zero attached hydrogens (tertiary/aromatic N) is 2. The molecule has 0 saturated heterocycles. The Kier molecular flexibility index (Phi) is 4.89. The highest BCUT2D eigenvalue weighted by atomic mass is 35.5. The van der Waals surface area contributed by atoms with E-state index in [0.29, 0.717) is 28.7 Å². The van der Waals surface area contributed by atoms with Crippen molar-refractivity contribution in [1.29, 1.82) is 0 Å². The molecule has 1 aliphatic carbocycles. The quantitative estimate of drug-likeness (QED) is 0.857. The van der Waals surface area contributed by atoms with Crippen LogP contribution in [0.2, 0.25) is 5.02 Å². The number of rotatable bonds is 5. The summed E-state index contributed by atoms with van der Waals surface area (Å²) in [7, 11) is 0. The molecule has 1 heterocycles. The van der Waals surface area contributed by atoms with Crippen LogP contribution in [0.4, 0.5) is 0 Å². The average molecular weight is 361 g/mol. The SMILES string of the molecule is CC(C)(C)n1cc(C(=O)NCC(N)C2CC2)c(-c2ccccc2Cl)n1. The zero-order valence-electron chi connectivity index (χ0n) is 14.9. The maximum Gasteiger partial charge on any atom is 0.255 e. The molecule has 0 radical (unpaired) electrons. The van der Waals surface area contributed by atoms with Gasteiger partial charge in [0.05, 0.1) is 16.1 Å². The predicted octanol–water partition coefficient (Wildman–Crippen LogP) is 3.43. The van der Waals surface area contributed by atoms with Gasteiger partial charge in [-0.05, 0) is 45.6 Å². The number of halogens is 1. The Bertz CT molecular complexity index is 774. The lowest BCUT2D eigenvalue weighted by molar-refractivity contribution is 0.0950. The first-order valence-corrected chi connectivity index (χ1v) is 9.04. The number of amides is 1. The van der Waals surface area contributed by atoms with Crippen molar-refractivity contribution >= 4 is 17.5 Å². The van der Waals surface area contributed by atoms with Crippen LogP contribution in [0.5, 0.6) is 0 Å². The summed E-state index contributed by atoms with van der Waals surface area (Å²) in [5.41, 5.74) is 7.73. The van der Waals surface area contributed by atoms with Crippen LogP contribution in [0.1, 0.15) is 44.0 Å². The monoisotopic (exact) mass is 360 g/mol. The predicted molar refractivity (Wildman–Crippen MR) is 101 cm³/mol. The lowest BCUT2D eigenvalue weighted by atomic mass is 10.1. The van der Waals surface area contributed by atoms with Gasteiger partial charge in [0, 0.05) is 24.3 Å². The lowest BCUT2D eigenvalue weighted by Gasteiger charge is -2.18. The summed E-state index contributed by atoms with van der Waals surface area (Å²) in [4.78, 5) is 12.8. The third-order valence-corrected chi connectivity index (χ3v) is 4.83. The van der Waals surface area contributed by atoms with Crippen LogP contribution in [-0.4, -0.2) is 28.3 Å². The van der Waals surface area contributed by atoms with Gasteiger partial charge in [0.2, 0.25) is 0 Å². The summed E-state index contributed by atoms with van der Waals surface area (Å²) in [6.45, 7) is 6.61. The topological polar surface area (TPSA) is 72.9 Å². The number of aromatic nitrogens is 2. The van der Waals surface area contributed by atoms with E-state index in [1.165, 1.54) is 0 Å². The Hall–Kier alpha value is -1.85. The molecule has 0 aliphatic heterocycles. The average Bonchev–Trinajstić information content (AvgIpc) is 3.30. The van der Waals surface area contributed by atoms with Gasteiger partial charge in [-0.25, -0.2) is 0 Å². The molecule has 1 amide bonds. The van der Waals surface area contributed by atoms with E-state index < -0.39 is 0 Å². The largest absolute Gasteiger partial charge is 0.350 e. The summed E-state index contributed by atoms with van der Waals surface area (Å²) in [6, 6.07) is 7.45. The molecule has 1 aromatic carbocycles. The van der Waals surface area contributed by atoms with E-state index in [0.717, 1.165) is 18.4 Å². The van der Waals surface area contributed by atoms with Gasteiger partial charge in [0.1, 0.15) is 5.69 Å². The van der Waals surface area contributed by atoms with Crippen molar-refractivity contribution in [2.75, 3.05) is 6.54 Å². The molecule has 1 saturated carbocycles. The highest BCUT2D eigenvalue weighted by Gasteiger charge is 2.29. The fourth-order valence-corrected chi connectivity index (χ4v) is 2.96. The molecule has 1 aliphatic rings. The van der Waals surface area contributed by atoms with Crippen molar-refractivity contribution in [3.8, 4) is 11.3 Å². The van der Waals surface area contributed by atoms with Crippen molar-refractivity contribution in [1.82, 2.24) is 15.1 Å². The summed E-state index contributed by atoms with van der Waals surface area (Å²) >= 11 is 6.34. The van der Waals surface area contributed by atoms with Crippen LogP contribution in [0.15, 0.2) is 30.5 Å². The van der Waals surface area contributed by atoms with Gasteiger partial charge in [-0.1, -0.05) is 29.8 Å². The van der Waals surface area contributed by atoms with Gasteiger partial charge >= 0.3 is 0 Å². The van der Waals surface area contributed by atoms with Crippen molar-refractivity contribution in [2.45, 2.75) is 45.2 Å². The van der Waals surface area contributed by atoms with Gasteiger partial charge in [0.25, 0.3) is 5.91 Å². The molecule has 1 aromatic heterocycles. The van der Waals surface area contributed by atoms with Crippen LogP contribution < -0.4 is 11.1 Å². The Morgan fingerprint density at radius 2 is 2.08 bits per heavy atom. The fourth-order valence-electron chi connectivity index (χ4n) is 2.73. The minimum atomic E-state index is -0.237. The van der Waals surface area contributed by atoms with Gasteiger partial charge in [-0.15, -0.1) is 0 Å². The van der Waals surface area contributed by atoms with Crippen LogP contribution in [0.25, 0.3) is 11.3 Å². The lowest BCUT2D eigenvalue weighted by Crippen LogP contribution is -2.38. The van der Waals surface area contributed by atoms with E-state index in [1.54, 1.807) is 16.9 Å². The minimum Gasteiger partial charge on any atom is -0.350 e. The molecular formula is C19H25ClN4O. The van der Waals surface area contributed by atoms with Gasteiger partial charge < -0.3 is 11.1 Å². The molecule has 1 fully saturated rings. The Morgan fingerprint density at radius 1 is 1.40 bits per heavy atom. The number of hydrogen-bond donors (Lipinski definition) is 2. The molecule has 1 unspecified atom stereocenters. The normalized spacial score (nSPS) is 15.9. The number of benzene rings is 1. The molecule has 0 spiro atoms. The van der Waals surface area contributed by atoms with Gasteiger partial charge in [-0.2, -0.15) is 5.10 Å². The molecule has 1 atom stereocenters. The van der Waals surface area contributed by atoms with Crippen LogP contribution >= 0.6 is 11.6 Å². The second kappa shape index (κ2) is 6.81.